The number of piperazine rings is 1. The van der Waals surface area contributed by atoms with E-state index >= 15 is 0 Å². The van der Waals surface area contributed by atoms with Crippen LogP contribution in [0.15, 0.2) is 30.4 Å². The second-order valence-corrected chi connectivity index (χ2v) is 6.21. The highest BCUT2D eigenvalue weighted by Gasteiger charge is 2.14. The quantitative estimate of drug-likeness (QED) is 0.259. The van der Waals surface area contributed by atoms with Crippen LogP contribution in [0.1, 0.15) is 5.56 Å². The van der Waals surface area contributed by atoms with E-state index < -0.39 is 0 Å². The Morgan fingerprint density at radius 1 is 1.07 bits per heavy atom. The van der Waals surface area contributed by atoms with Crippen LogP contribution in [0.4, 0.5) is 0 Å². The Morgan fingerprint density at radius 2 is 1.76 bits per heavy atom. The van der Waals surface area contributed by atoms with E-state index in [0.29, 0.717) is 30.5 Å². The molecule has 1 aliphatic heterocycles. The van der Waals surface area contributed by atoms with E-state index in [1.54, 1.807) is 33.5 Å². The van der Waals surface area contributed by atoms with E-state index in [-0.39, 0.29) is 12.7 Å². The normalized spacial score (nSPS) is 14.5. The van der Waals surface area contributed by atoms with Crippen molar-refractivity contribution in [3.8, 4) is 17.2 Å². The first-order chi connectivity index (χ1) is 14.2. The maximum Gasteiger partial charge on any atom is 0.246 e. The molecule has 1 saturated heterocycles. The molecule has 0 atom stereocenters. The van der Waals surface area contributed by atoms with E-state index in [1.807, 2.05) is 29.2 Å². The average Bonchev–Trinajstić information content (AvgIpc) is 2.77. The minimum atomic E-state index is 0.0172. The average molecular weight is 406 g/mol. The van der Waals surface area contributed by atoms with E-state index in [2.05, 4.69) is 5.32 Å². The molecule has 0 spiro atoms. The molecule has 0 saturated carbocycles. The maximum absolute atomic E-state index is 12.1. The predicted molar refractivity (Wildman–Crippen MR) is 110 cm³/mol. The fourth-order valence-corrected chi connectivity index (χ4v) is 2.74. The third-order valence-electron chi connectivity index (χ3n) is 4.27. The van der Waals surface area contributed by atoms with Gasteiger partial charge in [-0.25, -0.2) is 0 Å². The van der Waals surface area contributed by atoms with E-state index in [1.165, 1.54) is 0 Å². The lowest BCUT2D eigenvalue weighted by atomic mass is 10.1. The van der Waals surface area contributed by atoms with Gasteiger partial charge in [-0.2, -0.15) is 0 Å². The van der Waals surface area contributed by atoms with E-state index in [0.717, 1.165) is 31.7 Å². The minimum Gasteiger partial charge on any atom is -0.493 e. The zero-order valence-corrected chi connectivity index (χ0v) is 17.3. The van der Waals surface area contributed by atoms with Gasteiger partial charge >= 0.3 is 0 Å². The lowest BCUT2D eigenvalue weighted by Gasteiger charge is -2.26. The van der Waals surface area contributed by atoms with Gasteiger partial charge in [0.05, 0.1) is 27.4 Å². The second kappa shape index (κ2) is 12.8. The first-order valence-electron chi connectivity index (χ1n) is 9.49. The molecule has 1 heterocycles. The van der Waals surface area contributed by atoms with Gasteiger partial charge in [-0.05, 0) is 17.7 Å². The Hall–Kier alpha value is -2.55. The fourth-order valence-electron chi connectivity index (χ4n) is 2.74. The Balaban J connectivity index is 2.00. The Bertz CT molecular complexity index is 673. The topological polar surface area (TPSA) is 78.5 Å². The summed E-state index contributed by atoms with van der Waals surface area (Å²) in [5.74, 6) is 1.54. The van der Waals surface area contributed by atoms with Gasteiger partial charge in [0.25, 0.3) is 0 Å². The van der Waals surface area contributed by atoms with E-state index in [4.69, 9.17) is 23.7 Å². The van der Waals surface area contributed by atoms with Crippen LogP contribution in [0.5, 0.6) is 17.2 Å². The van der Waals surface area contributed by atoms with Crippen molar-refractivity contribution in [2.24, 2.45) is 0 Å². The molecule has 160 valence electrons. The van der Waals surface area contributed by atoms with Gasteiger partial charge in [0.2, 0.25) is 11.7 Å². The van der Waals surface area contributed by atoms with Crippen molar-refractivity contribution < 1.29 is 28.5 Å². The second-order valence-electron chi connectivity index (χ2n) is 6.21. The summed E-state index contributed by atoms with van der Waals surface area (Å²) >= 11 is 0. The van der Waals surface area contributed by atoms with Crippen molar-refractivity contribution in [3.05, 3.63) is 35.9 Å². The van der Waals surface area contributed by atoms with Crippen LogP contribution in [0.25, 0.3) is 6.08 Å². The largest absolute Gasteiger partial charge is 0.493 e. The molecule has 0 aromatic heterocycles. The molecule has 0 bridgehead atoms. The molecule has 8 heteroatoms. The number of hydrogen-bond donors (Lipinski definition) is 1. The molecule has 0 aliphatic carbocycles. The highest BCUT2D eigenvalue weighted by atomic mass is 16.7. The van der Waals surface area contributed by atoms with Gasteiger partial charge in [0, 0.05) is 39.4 Å². The number of benzene rings is 1. The third-order valence-corrected chi connectivity index (χ3v) is 4.27. The number of amides is 1. The van der Waals surface area contributed by atoms with Crippen molar-refractivity contribution >= 4 is 12.0 Å². The molecular weight excluding hydrogens is 376 g/mol. The smallest absolute Gasteiger partial charge is 0.246 e. The predicted octanol–water partition coefficient (Wildman–Crippen LogP) is 1.70. The molecule has 29 heavy (non-hydrogen) atoms. The summed E-state index contributed by atoms with van der Waals surface area (Å²) in [5, 5.41) is 3.23. The van der Waals surface area contributed by atoms with Crippen LogP contribution >= 0.6 is 0 Å². The van der Waals surface area contributed by atoms with E-state index in [9.17, 15) is 4.79 Å². The number of carbonyl (C=O) groups excluding carboxylic acids is 1. The molecule has 2 rings (SSSR count). The standard InChI is InChI=1S/C21H30N2O6/c1-25-12-13-28-16-29-21-18(26-2)14-17(15-19(21)27-3)6-4-5-7-20(24)23-10-8-22-9-11-23/h4-7,14-15,22H,8-13,16H2,1-3H3/b6-4+,7-5+. The summed E-state index contributed by atoms with van der Waals surface area (Å²) in [6, 6.07) is 3.66. The van der Waals surface area contributed by atoms with Crippen molar-refractivity contribution in [1.29, 1.82) is 0 Å². The van der Waals surface area contributed by atoms with Crippen LogP contribution in [-0.2, 0) is 14.3 Å². The zero-order valence-electron chi connectivity index (χ0n) is 17.3. The Morgan fingerprint density at radius 3 is 2.38 bits per heavy atom. The molecular formula is C21H30N2O6. The summed E-state index contributed by atoms with van der Waals surface area (Å²) in [6.45, 7) is 4.12. The number of ether oxygens (including phenoxy) is 5. The number of methoxy groups -OCH3 is 3. The molecule has 0 unspecified atom stereocenters. The molecule has 1 aliphatic rings. The molecule has 0 radical (unpaired) electrons. The van der Waals surface area contributed by atoms with Crippen LogP contribution < -0.4 is 19.5 Å². The first kappa shape index (κ1) is 22.7. The Labute approximate surface area is 172 Å². The minimum absolute atomic E-state index is 0.0172. The summed E-state index contributed by atoms with van der Waals surface area (Å²) in [6.07, 6.45) is 6.98. The highest BCUT2D eigenvalue weighted by Crippen LogP contribution is 2.38. The summed E-state index contributed by atoms with van der Waals surface area (Å²) in [5.41, 5.74) is 0.852. The van der Waals surface area contributed by atoms with Gasteiger partial charge in [0.1, 0.15) is 0 Å². The first-order valence-corrected chi connectivity index (χ1v) is 9.49. The van der Waals surface area contributed by atoms with Gasteiger partial charge in [-0.3, -0.25) is 4.79 Å². The third kappa shape index (κ3) is 7.41. The monoisotopic (exact) mass is 406 g/mol. The number of carbonyl (C=O) groups is 1. The number of hydrogen-bond acceptors (Lipinski definition) is 7. The van der Waals surface area contributed by atoms with Crippen molar-refractivity contribution in [2.75, 3.05) is 67.5 Å². The van der Waals surface area contributed by atoms with Crippen LogP contribution in [0.3, 0.4) is 0 Å². The van der Waals surface area contributed by atoms with Crippen LogP contribution in [-0.4, -0.2) is 78.3 Å². The molecule has 1 N–H and O–H groups in total. The number of allylic oxidation sites excluding steroid dienone is 2. The summed E-state index contributed by atoms with van der Waals surface area (Å²) in [7, 11) is 4.73. The van der Waals surface area contributed by atoms with Crippen LogP contribution in [0.2, 0.25) is 0 Å². The zero-order chi connectivity index (χ0) is 20.9. The molecule has 1 fully saturated rings. The lowest BCUT2D eigenvalue weighted by Crippen LogP contribution is -2.45. The van der Waals surface area contributed by atoms with Crippen molar-refractivity contribution in [1.82, 2.24) is 10.2 Å². The summed E-state index contributed by atoms with van der Waals surface area (Å²) in [4.78, 5) is 13.9. The van der Waals surface area contributed by atoms with Gasteiger partial charge in [0.15, 0.2) is 18.3 Å². The SMILES string of the molecule is COCCOCOc1c(OC)cc(/C=C/C=C/C(=O)N2CCNCC2)cc1OC. The molecule has 1 aromatic carbocycles. The van der Waals surface area contributed by atoms with Gasteiger partial charge in [-0.15, -0.1) is 0 Å². The lowest BCUT2D eigenvalue weighted by molar-refractivity contribution is -0.126. The van der Waals surface area contributed by atoms with Crippen LogP contribution in [0, 0.1) is 0 Å². The highest BCUT2D eigenvalue weighted by molar-refractivity contribution is 5.88. The number of nitrogens with zero attached hydrogens (tertiary/aromatic N) is 1. The summed E-state index contributed by atoms with van der Waals surface area (Å²) < 4.78 is 26.8. The number of rotatable bonds is 11. The van der Waals surface area contributed by atoms with Crippen molar-refractivity contribution in [3.63, 3.8) is 0 Å². The molecule has 1 aromatic rings. The van der Waals surface area contributed by atoms with Gasteiger partial charge in [-0.1, -0.05) is 18.2 Å². The van der Waals surface area contributed by atoms with Gasteiger partial charge < -0.3 is 33.9 Å². The number of nitrogens with one attached hydrogen (secondary N) is 1. The maximum atomic E-state index is 12.1. The fraction of sp³-hybridized carbons (Fsp3) is 0.476. The molecule has 1 amide bonds. The molecule has 8 nitrogen and oxygen atoms in total. The van der Waals surface area contributed by atoms with Crippen molar-refractivity contribution in [2.45, 2.75) is 0 Å². The Kier molecular flexibility index (Phi) is 10.1.